The molecule has 0 unspecified atom stereocenters. The van der Waals surface area contributed by atoms with Crippen molar-refractivity contribution >= 4 is 39.6 Å². The number of ether oxygens (including phenoxy) is 1. The van der Waals surface area contributed by atoms with Crippen molar-refractivity contribution in [1.29, 1.82) is 0 Å². The Balaban J connectivity index is 1.22. The standard InChI is InChI=1S/C32H32N4O3/c1-39-30-9-5-4-8-29(30)36-18-16-35(17-19-36)28-15-14-26(21-27(28)32(38)33-25-12-13-25)34-31(37)24-11-10-22-6-2-3-7-23(22)20-24/h2-11,14-15,20-21,25H,12-13,16-19H2,1H3,(H,33,38)(H,34,37). The summed E-state index contributed by atoms with van der Waals surface area (Å²) in [5.41, 5.74) is 3.73. The van der Waals surface area contributed by atoms with Crippen molar-refractivity contribution in [3.05, 3.63) is 96.1 Å². The normalized spacial score (nSPS) is 15.2. The van der Waals surface area contributed by atoms with E-state index < -0.39 is 0 Å². The molecule has 0 spiro atoms. The number of hydrogen-bond acceptors (Lipinski definition) is 5. The number of fused-ring (bicyclic) bond motifs is 1. The molecule has 1 saturated heterocycles. The highest BCUT2D eigenvalue weighted by atomic mass is 16.5. The third kappa shape index (κ3) is 5.39. The van der Waals surface area contributed by atoms with Gasteiger partial charge < -0.3 is 25.2 Å². The van der Waals surface area contributed by atoms with Gasteiger partial charge in [-0.3, -0.25) is 9.59 Å². The number of benzene rings is 4. The monoisotopic (exact) mass is 520 g/mol. The summed E-state index contributed by atoms with van der Waals surface area (Å²) in [5, 5.41) is 8.22. The Morgan fingerprint density at radius 3 is 2.18 bits per heavy atom. The third-order valence-electron chi connectivity index (χ3n) is 7.47. The number of carbonyl (C=O) groups is 2. The number of anilines is 3. The van der Waals surface area contributed by atoms with E-state index in [9.17, 15) is 9.59 Å². The predicted molar refractivity (Wildman–Crippen MR) is 156 cm³/mol. The van der Waals surface area contributed by atoms with Crippen LogP contribution in [0.25, 0.3) is 10.8 Å². The summed E-state index contributed by atoms with van der Waals surface area (Å²) in [6.45, 7) is 3.16. The van der Waals surface area contributed by atoms with Crippen molar-refractivity contribution in [2.75, 3.05) is 48.4 Å². The lowest BCUT2D eigenvalue weighted by atomic mass is 10.1. The number of methoxy groups -OCH3 is 1. The summed E-state index contributed by atoms with van der Waals surface area (Å²) < 4.78 is 5.56. The lowest BCUT2D eigenvalue weighted by Crippen LogP contribution is -2.47. The highest BCUT2D eigenvalue weighted by Gasteiger charge is 2.28. The topological polar surface area (TPSA) is 73.9 Å². The van der Waals surface area contributed by atoms with E-state index in [1.807, 2.05) is 72.8 Å². The van der Waals surface area contributed by atoms with Crippen molar-refractivity contribution in [1.82, 2.24) is 5.32 Å². The number of carbonyl (C=O) groups excluding carboxylic acids is 2. The summed E-state index contributed by atoms with van der Waals surface area (Å²) in [6.07, 6.45) is 2.02. The van der Waals surface area contributed by atoms with Crippen LogP contribution in [-0.2, 0) is 0 Å². The zero-order chi connectivity index (χ0) is 26.8. The second-order valence-electron chi connectivity index (χ2n) is 10.1. The van der Waals surface area contributed by atoms with Crippen molar-refractivity contribution < 1.29 is 14.3 Å². The number of amides is 2. The zero-order valence-corrected chi connectivity index (χ0v) is 22.0. The first-order chi connectivity index (χ1) is 19.1. The zero-order valence-electron chi connectivity index (χ0n) is 22.0. The lowest BCUT2D eigenvalue weighted by molar-refractivity contribution is 0.0950. The molecule has 4 aromatic carbocycles. The fourth-order valence-corrected chi connectivity index (χ4v) is 5.18. The number of nitrogens with one attached hydrogen (secondary N) is 2. The van der Waals surface area contributed by atoms with Gasteiger partial charge in [-0.2, -0.15) is 0 Å². The van der Waals surface area contributed by atoms with Gasteiger partial charge in [-0.25, -0.2) is 0 Å². The van der Waals surface area contributed by atoms with Crippen LogP contribution in [0.3, 0.4) is 0 Å². The molecule has 2 N–H and O–H groups in total. The fraction of sp³-hybridized carbons (Fsp3) is 0.250. The van der Waals surface area contributed by atoms with Gasteiger partial charge in [0.25, 0.3) is 11.8 Å². The molecule has 198 valence electrons. The minimum absolute atomic E-state index is 0.0959. The van der Waals surface area contributed by atoms with Crippen molar-refractivity contribution in [3.63, 3.8) is 0 Å². The molecule has 1 aliphatic carbocycles. The Morgan fingerprint density at radius 1 is 0.744 bits per heavy atom. The third-order valence-corrected chi connectivity index (χ3v) is 7.47. The minimum Gasteiger partial charge on any atom is -0.495 e. The molecule has 1 saturated carbocycles. The van der Waals surface area contributed by atoms with Crippen LogP contribution in [0.1, 0.15) is 33.6 Å². The van der Waals surface area contributed by atoms with E-state index in [1.165, 1.54) is 0 Å². The first kappa shape index (κ1) is 24.8. The average Bonchev–Trinajstić information content (AvgIpc) is 3.81. The maximum Gasteiger partial charge on any atom is 0.255 e. The van der Waals surface area contributed by atoms with E-state index in [1.54, 1.807) is 13.2 Å². The Labute approximate surface area is 228 Å². The number of nitrogens with zero attached hydrogens (tertiary/aromatic N) is 2. The van der Waals surface area contributed by atoms with E-state index in [0.717, 1.165) is 66.9 Å². The number of rotatable bonds is 7. The molecule has 1 heterocycles. The van der Waals surface area contributed by atoms with Gasteiger partial charge in [0.05, 0.1) is 18.4 Å². The molecule has 4 aromatic rings. The Morgan fingerprint density at radius 2 is 1.44 bits per heavy atom. The largest absolute Gasteiger partial charge is 0.495 e. The average molecular weight is 521 g/mol. The molecule has 0 atom stereocenters. The van der Waals surface area contributed by atoms with Gasteiger partial charge in [0.1, 0.15) is 5.75 Å². The van der Waals surface area contributed by atoms with Crippen LogP contribution >= 0.6 is 0 Å². The van der Waals surface area contributed by atoms with Gasteiger partial charge in [-0.15, -0.1) is 0 Å². The first-order valence-electron chi connectivity index (χ1n) is 13.5. The van der Waals surface area contributed by atoms with Crippen molar-refractivity contribution in [3.8, 4) is 5.75 Å². The van der Waals surface area contributed by atoms with Gasteiger partial charge in [0, 0.05) is 49.2 Å². The van der Waals surface area contributed by atoms with E-state index in [2.05, 4.69) is 26.5 Å². The number of piperazine rings is 1. The molecular formula is C32H32N4O3. The van der Waals surface area contributed by atoms with Crippen LogP contribution in [0, 0.1) is 0 Å². The molecule has 0 bridgehead atoms. The van der Waals surface area contributed by atoms with Gasteiger partial charge in [-0.1, -0.05) is 42.5 Å². The molecule has 2 fully saturated rings. The number of para-hydroxylation sites is 2. The quantitative estimate of drug-likeness (QED) is 0.345. The second-order valence-corrected chi connectivity index (χ2v) is 10.1. The van der Waals surface area contributed by atoms with Crippen LogP contribution in [0.2, 0.25) is 0 Å². The van der Waals surface area contributed by atoms with Crippen LogP contribution in [0.5, 0.6) is 5.75 Å². The van der Waals surface area contributed by atoms with E-state index in [-0.39, 0.29) is 17.9 Å². The summed E-state index contributed by atoms with van der Waals surface area (Å²) in [5.74, 6) is 0.566. The smallest absolute Gasteiger partial charge is 0.255 e. The maximum absolute atomic E-state index is 13.3. The fourth-order valence-electron chi connectivity index (χ4n) is 5.18. The summed E-state index contributed by atoms with van der Waals surface area (Å²) >= 11 is 0. The van der Waals surface area contributed by atoms with Crippen LogP contribution in [0.15, 0.2) is 84.9 Å². The predicted octanol–water partition coefficient (Wildman–Crippen LogP) is 5.32. The van der Waals surface area contributed by atoms with Crippen molar-refractivity contribution in [2.24, 2.45) is 0 Å². The molecule has 6 rings (SSSR count). The van der Waals surface area contributed by atoms with Gasteiger partial charge in [-0.05, 0) is 66.1 Å². The van der Waals surface area contributed by atoms with E-state index >= 15 is 0 Å². The molecule has 0 aromatic heterocycles. The molecule has 2 aliphatic rings. The van der Waals surface area contributed by atoms with Crippen LogP contribution in [-0.4, -0.2) is 51.1 Å². The summed E-state index contributed by atoms with van der Waals surface area (Å²) in [7, 11) is 1.69. The van der Waals surface area contributed by atoms with Crippen LogP contribution < -0.4 is 25.2 Å². The molecule has 2 amide bonds. The molecule has 7 nitrogen and oxygen atoms in total. The van der Waals surface area contributed by atoms with Gasteiger partial charge in [0.2, 0.25) is 0 Å². The Kier molecular flexibility index (Phi) is 6.80. The Bertz CT molecular complexity index is 1520. The SMILES string of the molecule is COc1ccccc1N1CCN(c2ccc(NC(=O)c3ccc4ccccc4c3)cc2C(=O)NC2CC2)CC1. The Hall–Kier alpha value is -4.52. The van der Waals surface area contributed by atoms with Gasteiger partial charge >= 0.3 is 0 Å². The van der Waals surface area contributed by atoms with Crippen molar-refractivity contribution in [2.45, 2.75) is 18.9 Å². The lowest BCUT2D eigenvalue weighted by Gasteiger charge is -2.38. The minimum atomic E-state index is -0.201. The highest BCUT2D eigenvalue weighted by Crippen LogP contribution is 2.31. The van der Waals surface area contributed by atoms with E-state index in [0.29, 0.717) is 16.8 Å². The molecule has 0 radical (unpaired) electrons. The summed E-state index contributed by atoms with van der Waals surface area (Å²) in [6, 6.07) is 27.6. The number of hydrogen-bond donors (Lipinski definition) is 2. The van der Waals surface area contributed by atoms with E-state index in [4.69, 9.17) is 4.74 Å². The molecule has 39 heavy (non-hydrogen) atoms. The first-order valence-corrected chi connectivity index (χ1v) is 13.5. The van der Waals surface area contributed by atoms with Crippen LogP contribution in [0.4, 0.5) is 17.1 Å². The molecule has 7 heteroatoms. The second kappa shape index (κ2) is 10.7. The summed E-state index contributed by atoms with van der Waals surface area (Å²) in [4.78, 5) is 31.0. The maximum atomic E-state index is 13.3. The molecule has 1 aliphatic heterocycles. The highest BCUT2D eigenvalue weighted by molar-refractivity contribution is 6.08. The molecular weight excluding hydrogens is 488 g/mol. The van der Waals surface area contributed by atoms with Gasteiger partial charge in [0.15, 0.2) is 0 Å².